The highest BCUT2D eigenvalue weighted by Crippen LogP contribution is 2.43. The molecule has 2 aliphatic rings. The highest BCUT2D eigenvalue weighted by atomic mass is 16.5. The SMILES string of the molecule is COc1ccc2c(c1)OC1(CCCC(C)CC1)CC2=O. The molecule has 1 heterocycles. The molecular weight excluding hydrogens is 252 g/mol. The fraction of sp³-hybridized carbons (Fsp3) is 0.588. The fourth-order valence-corrected chi connectivity index (χ4v) is 3.43. The number of hydrogen-bond acceptors (Lipinski definition) is 3. The highest BCUT2D eigenvalue weighted by Gasteiger charge is 2.41. The van der Waals surface area contributed by atoms with Crippen molar-refractivity contribution >= 4 is 5.78 Å². The minimum absolute atomic E-state index is 0.212. The number of hydrogen-bond donors (Lipinski definition) is 0. The van der Waals surface area contributed by atoms with Crippen molar-refractivity contribution in [1.82, 2.24) is 0 Å². The molecule has 0 N–H and O–H groups in total. The summed E-state index contributed by atoms with van der Waals surface area (Å²) in [6.45, 7) is 2.29. The molecule has 1 aliphatic carbocycles. The molecule has 1 fully saturated rings. The van der Waals surface area contributed by atoms with Gasteiger partial charge < -0.3 is 9.47 Å². The Hall–Kier alpha value is -1.51. The van der Waals surface area contributed by atoms with Crippen LogP contribution in [-0.4, -0.2) is 18.5 Å². The second-order valence-corrected chi connectivity index (χ2v) is 6.28. The molecule has 1 spiro atoms. The number of methoxy groups -OCH3 is 1. The molecule has 3 heteroatoms. The third kappa shape index (κ3) is 2.41. The first-order chi connectivity index (χ1) is 9.62. The van der Waals surface area contributed by atoms with Crippen molar-refractivity contribution in [3.05, 3.63) is 23.8 Å². The van der Waals surface area contributed by atoms with Gasteiger partial charge in [0, 0.05) is 6.07 Å². The summed E-state index contributed by atoms with van der Waals surface area (Å²) >= 11 is 0. The predicted molar refractivity (Wildman–Crippen MR) is 77.5 cm³/mol. The minimum atomic E-state index is -0.277. The molecule has 0 saturated heterocycles. The van der Waals surface area contributed by atoms with E-state index < -0.39 is 0 Å². The maximum atomic E-state index is 12.4. The Kier molecular flexibility index (Phi) is 3.45. The Labute approximate surface area is 120 Å². The average molecular weight is 274 g/mol. The summed E-state index contributed by atoms with van der Waals surface area (Å²) < 4.78 is 11.5. The Morgan fingerprint density at radius 2 is 2.15 bits per heavy atom. The van der Waals surface area contributed by atoms with Gasteiger partial charge in [-0.1, -0.05) is 13.3 Å². The summed E-state index contributed by atoms with van der Waals surface area (Å²) in [6.07, 6.45) is 6.03. The van der Waals surface area contributed by atoms with Gasteiger partial charge in [0.25, 0.3) is 0 Å². The molecule has 2 atom stereocenters. The van der Waals surface area contributed by atoms with Crippen molar-refractivity contribution in [3.63, 3.8) is 0 Å². The lowest BCUT2D eigenvalue weighted by atomic mass is 9.84. The highest BCUT2D eigenvalue weighted by molar-refractivity contribution is 6.00. The summed E-state index contributed by atoms with van der Waals surface area (Å²) in [6, 6.07) is 5.50. The molecule has 108 valence electrons. The van der Waals surface area contributed by atoms with E-state index in [1.165, 1.54) is 6.42 Å². The Morgan fingerprint density at radius 1 is 1.30 bits per heavy atom. The van der Waals surface area contributed by atoms with Crippen molar-refractivity contribution in [2.75, 3.05) is 7.11 Å². The number of fused-ring (bicyclic) bond motifs is 1. The summed E-state index contributed by atoms with van der Waals surface area (Å²) in [7, 11) is 1.63. The number of rotatable bonds is 1. The van der Waals surface area contributed by atoms with Crippen LogP contribution in [0.2, 0.25) is 0 Å². The summed E-state index contributed by atoms with van der Waals surface area (Å²) in [4.78, 5) is 12.4. The Bertz CT molecular complexity index is 523. The molecule has 0 radical (unpaired) electrons. The van der Waals surface area contributed by atoms with E-state index in [1.54, 1.807) is 7.11 Å². The van der Waals surface area contributed by atoms with Gasteiger partial charge in [-0.15, -0.1) is 0 Å². The van der Waals surface area contributed by atoms with Gasteiger partial charge in [0.1, 0.15) is 17.1 Å². The lowest BCUT2D eigenvalue weighted by Crippen LogP contribution is -2.41. The molecule has 1 aromatic rings. The molecule has 0 bridgehead atoms. The van der Waals surface area contributed by atoms with Crippen LogP contribution in [0, 0.1) is 5.92 Å². The van der Waals surface area contributed by atoms with E-state index in [4.69, 9.17) is 9.47 Å². The van der Waals surface area contributed by atoms with E-state index in [2.05, 4.69) is 6.92 Å². The van der Waals surface area contributed by atoms with E-state index in [1.807, 2.05) is 18.2 Å². The van der Waals surface area contributed by atoms with E-state index >= 15 is 0 Å². The molecule has 3 rings (SSSR count). The van der Waals surface area contributed by atoms with Crippen LogP contribution in [0.3, 0.4) is 0 Å². The average Bonchev–Trinajstić information content (AvgIpc) is 2.61. The summed E-state index contributed by atoms with van der Waals surface area (Å²) in [5.74, 6) is 2.40. The van der Waals surface area contributed by atoms with Crippen LogP contribution in [0.25, 0.3) is 0 Å². The standard InChI is InChI=1S/C17H22O3/c1-12-4-3-8-17(9-7-12)11-15(18)14-6-5-13(19-2)10-16(14)20-17/h5-6,10,12H,3-4,7-9,11H2,1-2H3. The largest absolute Gasteiger partial charge is 0.497 e. The summed E-state index contributed by atoms with van der Waals surface area (Å²) in [5, 5.41) is 0. The monoisotopic (exact) mass is 274 g/mol. The van der Waals surface area contributed by atoms with Crippen LogP contribution in [-0.2, 0) is 0 Å². The molecule has 20 heavy (non-hydrogen) atoms. The minimum Gasteiger partial charge on any atom is -0.497 e. The molecule has 1 aromatic carbocycles. The van der Waals surface area contributed by atoms with Crippen molar-refractivity contribution in [1.29, 1.82) is 0 Å². The third-order valence-corrected chi connectivity index (χ3v) is 4.72. The Balaban J connectivity index is 1.92. The van der Waals surface area contributed by atoms with E-state index in [0.29, 0.717) is 17.7 Å². The van der Waals surface area contributed by atoms with Gasteiger partial charge in [0.05, 0.1) is 19.1 Å². The number of carbonyl (C=O) groups is 1. The first-order valence-electron chi connectivity index (χ1n) is 7.52. The van der Waals surface area contributed by atoms with Crippen molar-refractivity contribution in [2.24, 2.45) is 5.92 Å². The van der Waals surface area contributed by atoms with Gasteiger partial charge in [-0.2, -0.15) is 0 Å². The van der Waals surface area contributed by atoms with Crippen LogP contribution >= 0.6 is 0 Å². The number of Topliss-reactive ketones (excluding diaryl/α,β-unsaturated/α-hetero) is 1. The van der Waals surface area contributed by atoms with E-state index in [-0.39, 0.29) is 11.4 Å². The van der Waals surface area contributed by atoms with Crippen molar-refractivity contribution < 1.29 is 14.3 Å². The second-order valence-electron chi connectivity index (χ2n) is 6.28. The lowest BCUT2D eigenvalue weighted by molar-refractivity contribution is 0.0289. The zero-order valence-corrected chi connectivity index (χ0v) is 12.3. The zero-order valence-electron chi connectivity index (χ0n) is 12.3. The molecule has 1 aliphatic heterocycles. The van der Waals surface area contributed by atoms with Crippen LogP contribution in [0.1, 0.15) is 55.8 Å². The quantitative estimate of drug-likeness (QED) is 0.776. The number of ether oxygens (including phenoxy) is 2. The van der Waals surface area contributed by atoms with Gasteiger partial charge in [-0.05, 0) is 43.7 Å². The number of benzene rings is 1. The van der Waals surface area contributed by atoms with Crippen LogP contribution in [0.5, 0.6) is 11.5 Å². The van der Waals surface area contributed by atoms with Gasteiger partial charge in [-0.3, -0.25) is 4.79 Å². The second kappa shape index (κ2) is 5.12. The van der Waals surface area contributed by atoms with Gasteiger partial charge in [-0.25, -0.2) is 0 Å². The van der Waals surface area contributed by atoms with Crippen molar-refractivity contribution in [2.45, 2.75) is 51.0 Å². The van der Waals surface area contributed by atoms with Crippen LogP contribution in [0.4, 0.5) is 0 Å². The maximum Gasteiger partial charge on any atom is 0.170 e. The van der Waals surface area contributed by atoms with Gasteiger partial charge in [0.2, 0.25) is 0 Å². The zero-order chi connectivity index (χ0) is 14.2. The number of carbonyl (C=O) groups excluding carboxylic acids is 1. The predicted octanol–water partition coefficient (Wildman–Crippen LogP) is 4.00. The smallest absolute Gasteiger partial charge is 0.170 e. The third-order valence-electron chi connectivity index (χ3n) is 4.72. The first-order valence-corrected chi connectivity index (χ1v) is 7.52. The number of ketones is 1. The normalized spacial score (nSPS) is 29.5. The molecule has 2 unspecified atom stereocenters. The van der Waals surface area contributed by atoms with Gasteiger partial charge >= 0.3 is 0 Å². The molecule has 1 saturated carbocycles. The van der Waals surface area contributed by atoms with Crippen molar-refractivity contribution in [3.8, 4) is 11.5 Å². The van der Waals surface area contributed by atoms with Gasteiger partial charge in [0.15, 0.2) is 5.78 Å². The molecule has 0 amide bonds. The molecule has 3 nitrogen and oxygen atoms in total. The topological polar surface area (TPSA) is 35.5 Å². The lowest BCUT2D eigenvalue weighted by Gasteiger charge is -2.37. The first kappa shape index (κ1) is 13.5. The molecule has 0 aromatic heterocycles. The van der Waals surface area contributed by atoms with Crippen LogP contribution < -0.4 is 9.47 Å². The van der Waals surface area contributed by atoms with Crippen LogP contribution in [0.15, 0.2) is 18.2 Å². The maximum absolute atomic E-state index is 12.4. The van der Waals surface area contributed by atoms with E-state index in [9.17, 15) is 4.79 Å². The molecular formula is C17H22O3. The Morgan fingerprint density at radius 3 is 2.95 bits per heavy atom. The summed E-state index contributed by atoms with van der Waals surface area (Å²) in [5.41, 5.74) is 0.426. The van der Waals surface area contributed by atoms with E-state index in [0.717, 1.165) is 37.4 Å². The fourth-order valence-electron chi connectivity index (χ4n) is 3.43.